The number of carboxylic acid groups (broad SMARTS) is 1. The van der Waals surface area contributed by atoms with Crippen molar-refractivity contribution in [1.82, 2.24) is 14.6 Å². The first-order chi connectivity index (χ1) is 23.6. The Morgan fingerprint density at radius 2 is 1.80 bits per heavy atom. The molecule has 1 fully saturated rings. The Hall–Kier alpha value is -4.54. The minimum atomic E-state index is -1.28. The lowest BCUT2D eigenvalue weighted by Crippen LogP contribution is -2.45. The molecule has 3 heterocycles. The Morgan fingerprint density at radius 1 is 1.10 bits per heavy atom. The number of fused-ring (bicyclic) bond motifs is 1. The molecule has 2 unspecified atom stereocenters. The average Bonchev–Trinajstić information content (AvgIpc) is 3.48. The van der Waals surface area contributed by atoms with Crippen molar-refractivity contribution in [1.29, 1.82) is 0 Å². The van der Waals surface area contributed by atoms with Crippen molar-refractivity contribution in [3.63, 3.8) is 0 Å². The lowest BCUT2D eigenvalue weighted by molar-refractivity contribution is -0.160. The summed E-state index contributed by atoms with van der Waals surface area (Å²) in [4.78, 5) is 19.8. The van der Waals surface area contributed by atoms with Crippen LogP contribution in [0.1, 0.15) is 76.8 Å². The number of aryl methyl sites for hydroxylation is 2. The third kappa shape index (κ3) is 7.92. The third-order valence-corrected chi connectivity index (χ3v) is 9.00. The maximum Gasteiger partial charge on any atom is 0.337 e. The predicted octanol–water partition coefficient (Wildman–Crippen LogP) is 8.66. The number of piperidine rings is 1. The number of carbonyl (C=O) groups is 1. The number of halogens is 1. The Balaban J connectivity index is 1.65. The molecule has 2 atom stereocenters. The molecule has 1 aliphatic heterocycles. The summed E-state index contributed by atoms with van der Waals surface area (Å²) in [6.07, 6.45) is 4.11. The molecule has 0 aliphatic carbocycles. The summed E-state index contributed by atoms with van der Waals surface area (Å²) >= 11 is 0. The number of nitrogens with zero attached hydrogens (tertiary/aromatic N) is 4. The monoisotopic (exact) mass is 684 g/mol. The minimum Gasteiger partial charge on any atom is -0.490 e. The van der Waals surface area contributed by atoms with E-state index in [1.807, 2.05) is 65.0 Å². The van der Waals surface area contributed by atoms with Crippen LogP contribution in [0.15, 0.2) is 67.8 Å². The topological polar surface area (TPSA) is 98.4 Å². The second kappa shape index (κ2) is 14.7. The number of ether oxygens (including phenoxy) is 3. The maximum absolute atomic E-state index is 15.8. The maximum atomic E-state index is 15.8. The Morgan fingerprint density at radius 3 is 2.44 bits per heavy atom. The highest BCUT2D eigenvalue weighted by Gasteiger charge is 2.37. The quantitative estimate of drug-likeness (QED) is 0.140. The molecule has 4 aromatic rings. The SMILES string of the molecule is C=CCOC1(C)CCN(c2c(C(OC(C)(C)C)C(=O)O)c(C)nc3cc(-c4cccc(-c5c(OC(C)CC=C)ccc(C)c5F)c4)nn23)CC1. The summed E-state index contributed by atoms with van der Waals surface area (Å²) in [5.41, 5.74) is 3.35. The largest absolute Gasteiger partial charge is 0.490 e. The molecule has 2 aromatic carbocycles. The van der Waals surface area contributed by atoms with E-state index < -0.39 is 17.7 Å². The Bertz CT molecular complexity index is 1890. The first kappa shape index (κ1) is 36.7. The van der Waals surface area contributed by atoms with Crippen LogP contribution < -0.4 is 9.64 Å². The number of anilines is 1. The number of hydrogen-bond donors (Lipinski definition) is 1. The fourth-order valence-corrected chi connectivity index (χ4v) is 6.41. The summed E-state index contributed by atoms with van der Waals surface area (Å²) in [6.45, 7) is 22.3. The number of aliphatic carboxylic acids is 1. The summed E-state index contributed by atoms with van der Waals surface area (Å²) < 4.78 is 36.0. The average molecular weight is 685 g/mol. The van der Waals surface area contributed by atoms with E-state index in [4.69, 9.17) is 24.3 Å². The molecule has 5 rings (SSSR count). The molecule has 10 heteroatoms. The van der Waals surface area contributed by atoms with E-state index in [0.29, 0.717) is 77.0 Å². The summed E-state index contributed by atoms with van der Waals surface area (Å²) in [5.74, 6) is -0.389. The predicted molar refractivity (Wildman–Crippen MR) is 195 cm³/mol. The van der Waals surface area contributed by atoms with E-state index in [1.54, 1.807) is 35.7 Å². The van der Waals surface area contributed by atoms with Gasteiger partial charge in [-0.3, -0.25) is 0 Å². The number of aromatic nitrogens is 3. The summed E-state index contributed by atoms with van der Waals surface area (Å²) in [7, 11) is 0. The van der Waals surface area contributed by atoms with E-state index in [2.05, 4.69) is 25.0 Å². The smallest absolute Gasteiger partial charge is 0.337 e. The fraction of sp³-hybridized carbons (Fsp3) is 0.425. The van der Waals surface area contributed by atoms with Gasteiger partial charge in [-0.1, -0.05) is 36.4 Å². The standard InChI is InChI=1S/C40H49FN4O5/c1-10-13-26(4)49-31-17-16-25(3)35(41)34(31)29-15-12-14-28(23-29)30-24-32-42-27(5)33(36(38(46)47)50-39(6,7)8)37(45(32)43-30)44-20-18-40(9,19-21-44)48-22-11-2/h10-12,14-17,23-24,26,36H,1-2,13,18-22H2,3-9H3,(H,46,47). The highest BCUT2D eigenvalue weighted by Crippen LogP contribution is 2.40. The van der Waals surface area contributed by atoms with Gasteiger partial charge >= 0.3 is 5.97 Å². The van der Waals surface area contributed by atoms with Gasteiger partial charge in [0.2, 0.25) is 0 Å². The molecule has 1 N–H and O–H groups in total. The van der Waals surface area contributed by atoms with Gasteiger partial charge in [-0.2, -0.15) is 9.61 Å². The molecule has 1 aliphatic rings. The third-order valence-electron chi connectivity index (χ3n) is 9.00. The molecule has 1 saturated heterocycles. The van der Waals surface area contributed by atoms with E-state index in [1.165, 1.54) is 0 Å². The molecule has 266 valence electrons. The van der Waals surface area contributed by atoms with Crippen LogP contribution in [-0.2, 0) is 14.3 Å². The van der Waals surface area contributed by atoms with Crippen LogP contribution >= 0.6 is 0 Å². The van der Waals surface area contributed by atoms with Gasteiger partial charge in [0.1, 0.15) is 17.4 Å². The van der Waals surface area contributed by atoms with Gasteiger partial charge in [0.15, 0.2) is 11.8 Å². The lowest BCUT2D eigenvalue weighted by atomic mass is 9.92. The molecule has 50 heavy (non-hydrogen) atoms. The first-order valence-electron chi connectivity index (χ1n) is 17.1. The molecular formula is C40H49FN4O5. The van der Waals surface area contributed by atoms with Crippen LogP contribution in [0.2, 0.25) is 0 Å². The zero-order valence-electron chi connectivity index (χ0n) is 30.3. The van der Waals surface area contributed by atoms with Gasteiger partial charge < -0.3 is 24.2 Å². The van der Waals surface area contributed by atoms with Crippen LogP contribution in [0, 0.1) is 19.7 Å². The number of benzene rings is 2. The van der Waals surface area contributed by atoms with Crippen LogP contribution in [0.4, 0.5) is 10.2 Å². The van der Waals surface area contributed by atoms with Gasteiger partial charge in [0, 0.05) is 36.8 Å². The zero-order chi connectivity index (χ0) is 36.4. The van der Waals surface area contributed by atoms with E-state index in [9.17, 15) is 9.90 Å². The van der Waals surface area contributed by atoms with Crippen LogP contribution in [0.5, 0.6) is 5.75 Å². The second-order valence-corrected chi connectivity index (χ2v) is 14.3. The van der Waals surface area contributed by atoms with Crippen molar-refractivity contribution in [2.45, 2.75) is 91.1 Å². The number of carboxylic acids is 1. The van der Waals surface area contributed by atoms with Crippen LogP contribution in [0.3, 0.4) is 0 Å². The fourth-order valence-electron chi connectivity index (χ4n) is 6.41. The molecular weight excluding hydrogens is 635 g/mol. The van der Waals surface area contributed by atoms with Gasteiger partial charge in [-0.25, -0.2) is 14.2 Å². The molecule has 0 spiro atoms. The van der Waals surface area contributed by atoms with Gasteiger partial charge in [0.05, 0.1) is 40.7 Å². The van der Waals surface area contributed by atoms with Crippen molar-refractivity contribution < 1.29 is 28.5 Å². The van der Waals surface area contributed by atoms with E-state index >= 15 is 4.39 Å². The molecule has 0 amide bonds. The minimum absolute atomic E-state index is 0.185. The van der Waals surface area contributed by atoms with Crippen molar-refractivity contribution >= 4 is 17.4 Å². The highest BCUT2D eigenvalue weighted by atomic mass is 19.1. The number of hydrogen-bond acceptors (Lipinski definition) is 7. The van der Waals surface area contributed by atoms with Crippen molar-refractivity contribution in [3.05, 3.63) is 90.4 Å². The lowest BCUT2D eigenvalue weighted by Gasteiger charge is -2.41. The van der Waals surface area contributed by atoms with E-state index in [0.717, 1.165) is 18.4 Å². The normalized spacial score (nSPS) is 15.9. The van der Waals surface area contributed by atoms with E-state index in [-0.39, 0.29) is 17.5 Å². The Kier molecular flexibility index (Phi) is 10.8. The van der Waals surface area contributed by atoms with Crippen molar-refractivity contribution in [2.24, 2.45) is 0 Å². The Labute approximate surface area is 294 Å². The van der Waals surface area contributed by atoms with Crippen molar-refractivity contribution in [3.8, 4) is 28.1 Å². The zero-order valence-corrected chi connectivity index (χ0v) is 30.3. The molecule has 0 radical (unpaired) electrons. The summed E-state index contributed by atoms with van der Waals surface area (Å²) in [6, 6.07) is 12.9. The van der Waals surface area contributed by atoms with Gasteiger partial charge in [-0.05, 0) is 84.6 Å². The molecule has 9 nitrogen and oxygen atoms in total. The molecule has 0 saturated carbocycles. The molecule has 2 aromatic heterocycles. The first-order valence-corrected chi connectivity index (χ1v) is 17.1. The number of rotatable bonds is 13. The van der Waals surface area contributed by atoms with Gasteiger partial charge in [-0.15, -0.1) is 13.2 Å². The van der Waals surface area contributed by atoms with Crippen LogP contribution in [0.25, 0.3) is 28.0 Å². The van der Waals surface area contributed by atoms with Gasteiger partial charge in [0.25, 0.3) is 0 Å². The van der Waals surface area contributed by atoms with Crippen LogP contribution in [-0.4, -0.2) is 62.7 Å². The second-order valence-electron chi connectivity index (χ2n) is 14.3. The summed E-state index contributed by atoms with van der Waals surface area (Å²) in [5, 5.41) is 15.5. The molecule has 0 bridgehead atoms. The van der Waals surface area contributed by atoms with Crippen molar-refractivity contribution in [2.75, 3.05) is 24.6 Å². The highest BCUT2D eigenvalue weighted by molar-refractivity contribution is 5.80.